The van der Waals surface area contributed by atoms with Gasteiger partial charge in [-0.15, -0.1) is 0 Å². The lowest BCUT2D eigenvalue weighted by Gasteiger charge is -1.90. The average molecular weight is 262 g/mol. The Kier molecular flexibility index (Phi) is 3.46. The Bertz CT molecular complexity index is 631. The van der Waals surface area contributed by atoms with Gasteiger partial charge < -0.3 is 0 Å². The van der Waals surface area contributed by atoms with E-state index in [2.05, 4.69) is 29.9 Å². The summed E-state index contributed by atoms with van der Waals surface area (Å²) < 4.78 is 0. The van der Waals surface area contributed by atoms with E-state index in [0.717, 1.165) is 16.4 Å². The first-order chi connectivity index (χ1) is 9.93. The minimum atomic E-state index is 0.637. The van der Waals surface area contributed by atoms with Crippen LogP contribution in [0.1, 0.15) is 0 Å². The lowest BCUT2D eigenvalue weighted by Crippen LogP contribution is -1.85. The van der Waals surface area contributed by atoms with Crippen molar-refractivity contribution in [2.45, 2.75) is 0 Å². The van der Waals surface area contributed by atoms with Crippen molar-refractivity contribution in [2.24, 2.45) is 0 Å². The van der Waals surface area contributed by atoms with Crippen molar-refractivity contribution >= 4 is 22.1 Å². The van der Waals surface area contributed by atoms with E-state index in [9.17, 15) is 0 Å². The van der Waals surface area contributed by atoms with Crippen LogP contribution in [0.3, 0.4) is 0 Å². The fourth-order valence-electron chi connectivity index (χ4n) is 1.65. The lowest BCUT2D eigenvalue weighted by atomic mass is 10.2. The van der Waals surface area contributed by atoms with E-state index in [4.69, 9.17) is 0 Å². The first-order valence-corrected chi connectivity index (χ1v) is 5.95. The molecule has 0 saturated carbocycles. The van der Waals surface area contributed by atoms with Gasteiger partial charge in [-0.3, -0.25) is 0 Å². The van der Waals surface area contributed by atoms with Gasteiger partial charge in [-0.05, 0) is 6.07 Å². The molecule has 0 spiro atoms. The van der Waals surface area contributed by atoms with Crippen molar-refractivity contribution in [1.29, 1.82) is 0 Å². The molecule has 0 radical (unpaired) electrons. The summed E-state index contributed by atoms with van der Waals surface area (Å²) in [5, 5.41) is 1.09. The molecular formula is C14H10N6. The zero-order valence-electron chi connectivity index (χ0n) is 10.5. The molecule has 0 fully saturated rings. The largest absolute Gasteiger partial charge is 0.250 e. The maximum atomic E-state index is 4.07. The molecule has 4 rings (SSSR count). The predicted molar refractivity (Wildman–Crippen MR) is 74.7 cm³/mol. The topological polar surface area (TPSA) is 77.3 Å². The Morgan fingerprint density at radius 1 is 0.650 bits per heavy atom. The monoisotopic (exact) mass is 262 g/mol. The van der Waals surface area contributed by atoms with Crippen LogP contribution in [0.2, 0.25) is 0 Å². The Morgan fingerprint density at radius 2 is 1.45 bits per heavy atom. The second-order valence-electron chi connectivity index (χ2n) is 3.87. The average Bonchev–Trinajstić information content (AvgIpc) is 2.56. The van der Waals surface area contributed by atoms with Gasteiger partial charge in [-0.1, -0.05) is 18.2 Å². The summed E-state index contributed by atoms with van der Waals surface area (Å²) in [5.74, 6) is 0. The molecule has 20 heavy (non-hydrogen) atoms. The van der Waals surface area contributed by atoms with E-state index in [0.29, 0.717) is 5.65 Å². The second kappa shape index (κ2) is 5.75. The maximum absolute atomic E-state index is 4.07. The van der Waals surface area contributed by atoms with Crippen LogP contribution in [0.15, 0.2) is 61.7 Å². The van der Waals surface area contributed by atoms with Crippen LogP contribution in [-0.4, -0.2) is 29.9 Å². The molecule has 0 atom stereocenters. The predicted octanol–water partition coefficient (Wildman–Crippen LogP) is 2.05. The van der Waals surface area contributed by atoms with E-state index in [-0.39, 0.29) is 0 Å². The molecule has 0 aliphatic carbocycles. The molecular weight excluding hydrogens is 252 g/mol. The Hall–Kier alpha value is -3.02. The quantitative estimate of drug-likeness (QED) is 0.482. The standard InChI is InChI=1S/C8H6N2.C6H4N4/c1-2-4-8-7(3-1)5-9-6-10-8;1-2-9-6-5(8-1)3-7-4-10-6/h1-6H;1-4H. The summed E-state index contributed by atoms with van der Waals surface area (Å²) in [6, 6.07) is 7.91. The van der Waals surface area contributed by atoms with Gasteiger partial charge in [0.25, 0.3) is 0 Å². The second-order valence-corrected chi connectivity index (χ2v) is 3.87. The molecule has 3 aromatic heterocycles. The van der Waals surface area contributed by atoms with Crippen LogP contribution < -0.4 is 0 Å². The van der Waals surface area contributed by atoms with Gasteiger partial charge in [0.05, 0.1) is 11.7 Å². The van der Waals surface area contributed by atoms with Crippen LogP contribution in [0, 0.1) is 0 Å². The highest BCUT2D eigenvalue weighted by molar-refractivity contribution is 5.76. The molecule has 0 aliphatic rings. The third kappa shape index (κ3) is 2.69. The fourth-order valence-corrected chi connectivity index (χ4v) is 1.65. The minimum absolute atomic E-state index is 0.637. The van der Waals surface area contributed by atoms with Crippen molar-refractivity contribution in [1.82, 2.24) is 29.9 Å². The highest BCUT2D eigenvalue weighted by atomic mass is 14.9. The highest BCUT2D eigenvalue weighted by Gasteiger charge is 1.91. The third-order valence-electron chi connectivity index (χ3n) is 2.56. The zero-order chi connectivity index (χ0) is 13.6. The van der Waals surface area contributed by atoms with Crippen molar-refractivity contribution in [3.63, 3.8) is 0 Å². The molecule has 0 unspecified atom stereocenters. The SMILES string of the molecule is c1ccc2ncncc2c1.c1cnc2ncncc2n1. The number of hydrogen-bond acceptors (Lipinski definition) is 6. The minimum Gasteiger partial charge on any atom is -0.250 e. The van der Waals surface area contributed by atoms with Gasteiger partial charge in [-0.2, -0.15) is 0 Å². The number of para-hydroxylation sites is 1. The van der Waals surface area contributed by atoms with Crippen LogP contribution in [-0.2, 0) is 0 Å². The number of rotatable bonds is 0. The molecule has 0 saturated heterocycles. The molecule has 6 heteroatoms. The summed E-state index contributed by atoms with van der Waals surface area (Å²) in [4.78, 5) is 23.6. The van der Waals surface area contributed by atoms with E-state index in [1.807, 2.05) is 30.5 Å². The Balaban J connectivity index is 0.000000121. The highest BCUT2D eigenvalue weighted by Crippen LogP contribution is 2.06. The number of hydrogen-bond donors (Lipinski definition) is 0. The Labute approximate surface area is 114 Å². The van der Waals surface area contributed by atoms with Gasteiger partial charge in [0.1, 0.15) is 18.2 Å². The number of fused-ring (bicyclic) bond motifs is 2. The summed E-state index contributed by atoms with van der Waals surface area (Å²) >= 11 is 0. The molecule has 1 aromatic carbocycles. The smallest absolute Gasteiger partial charge is 0.181 e. The number of nitrogens with zero attached hydrogens (tertiary/aromatic N) is 6. The lowest BCUT2D eigenvalue weighted by molar-refractivity contribution is 1.15. The normalized spacial score (nSPS) is 10.0. The van der Waals surface area contributed by atoms with Crippen molar-refractivity contribution in [3.8, 4) is 0 Å². The van der Waals surface area contributed by atoms with E-state index in [1.165, 1.54) is 6.33 Å². The van der Waals surface area contributed by atoms with E-state index in [1.54, 1.807) is 24.9 Å². The van der Waals surface area contributed by atoms with Gasteiger partial charge in [-0.25, -0.2) is 29.9 Å². The molecule has 0 N–H and O–H groups in total. The van der Waals surface area contributed by atoms with E-state index >= 15 is 0 Å². The van der Waals surface area contributed by atoms with Crippen LogP contribution in [0.4, 0.5) is 0 Å². The summed E-state index contributed by atoms with van der Waals surface area (Å²) in [7, 11) is 0. The molecule has 0 aliphatic heterocycles. The fraction of sp³-hybridized carbons (Fsp3) is 0. The number of benzene rings is 1. The molecule has 0 bridgehead atoms. The first kappa shape index (κ1) is 12.0. The Morgan fingerprint density at radius 3 is 2.35 bits per heavy atom. The van der Waals surface area contributed by atoms with Gasteiger partial charge >= 0.3 is 0 Å². The van der Waals surface area contributed by atoms with Crippen LogP contribution in [0.5, 0.6) is 0 Å². The van der Waals surface area contributed by atoms with Crippen molar-refractivity contribution in [3.05, 3.63) is 61.7 Å². The van der Waals surface area contributed by atoms with Gasteiger partial charge in [0.15, 0.2) is 5.65 Å². The van der Waals surface area contributed by atoms with Crippen molar-refractivity contribution in [2.75, 3.05) is 0 Å². The molecule has 6 nitrogen and oxygen atoms in total. The summed E-state index contributed by atoms with van der Waals surface area (Å²) in [6.45, 7) is 0. The van der Waals surface area contributed by atoms with Gasteiger partial charge in [0.2, 0.25) is 0 Å². The molecule has 96 valence electrons. The molecule has 4 aromatic rings. The molecule has 3 heterocycles. The zero-order valence-corrected chi connectivity index (χ0v) is 10.5. The first-order valence-electron chi connectivity index (χ1n) is 5.95. The van der Waals surface area contributed by atoms with Crippen molar-refractivity contribution < 1.29 is 0 Å². The van der Waals surface area contributed by atoms with E-state index < -0.39 is 0 Å². The summed E-state index contributed by atoms with van der Waals surface area (Å²) in [5.41, 5.74) is 2.36. The van der Waals surface area contributed by atoms with Crippen LogP contribution >= 0.6 is 0 Å². The third-order valence-corrected chi connectivity index (χ3v) is 2.56. The molecule has 0 amide bonds. The summed E-state index contributed by atoms with van der Waals surface area (Å²) in [6.07, 6.45) is 9.68. The van der Waals surface area contributed by atoms with Gasteiger partial charge in [0, 0.05) is 24.0 Å². The van der Waals surface area contributed by atoms with Crippen LogP contribution in [0.25, 0.3) is 22.1 Å². The maximum Gasteiger partial charge on any atom is 0.181 e. The number of aromatic nitrogens is 6.